The summed E-state index contributed by atoms with van der Waals surface area (Å²) in [6, 6.07) is 17.9. The molecule has 1 fully saturated rings. The second kappa shape index (κ2) is 8.20. The van der Waals surface area contributed by atoms with Gasteiger partial charge in [-0.25, -0.2) is 0 Å². The van der Waals surface area contributed by atoms with Crippen LogP contribution in [0.15, 0.2) is 54.6 Å². The van der Waals surface area contributed by atoms with Crippen LogP contribution in [0.1, 0.15) is 27.6 Å². The topological polar surface area (TPSA) is 63.1 Å². The minimum atomic E-state index is -0.165. The fraction of sp³-hybridized carbons (Fsp3) is 0.348. The summed E-state index contributed by atoms with van der Waals surface area (Å²) in [7, 11) is 0. The Bertz CT molecular complexity index is 1050. The van der Waals surface area contributed by atoms with Crippen LogP contribution in [0.5, 0.6) is 0 Å². The molecule has 0 aliphatic carbocycles. The summed E-state index contributed by atoms with van der Waals surface area (Å²) in [6.45, 7) is 4.16. The lowest BCUT2D eigenvalue weighted by atomic mass is 9.89. The maximum absolute atomic E-state index is 12.7. The predicted molar refractivity (Wildman–Crippen MR) is 115 cm³/mol. The lowest BCUT2D eigenvalue weighted by molar-refractivity contribution is 0.0932. The summed E-state index contributed by atoms with van der Waals surface area (Å²) in [5.74, 6) is 2.22. The number of amides is 1. The minimum Gasteiger partial charge on any atom is -0.345 e. The molecular weight excluding hydrogens is 398 g/mol. The van der Waals surface area contributed by atoms with Crippen LogP contribution < -0.4 is 5.32 Å². The van der Waals surface area contributed by atoms with Gasteiger partial charge >= 0.3 is 0 Å². The zero-order valence-corrected chi connectivity index (χ0v) is 17.4. The van der Waals surface area contributed by atoms with Crippen LogP contribution >= 0.6 is 11.6 Å². The van der Waals surface area contributed by atoms with E-state index < -0.39 is 0 Å². The molecule has 0 unspecified atom stereocenters. The van der Waals surface area contributed by atoms with Gasteiger partial charge in [0, 0.05) is 44.2 Å². The lowest BCUT2D eigenvalue weighted by Gasteiger charge is -2.25. The summed E-state index contributed by atoms with van der Waals surface area (Å²) in [4.78, 5) is 15.2. The molecule has 2 atom stereocenters. The molecule has 3 heterocycles. The van der Waals surface area contributed by atoms with Crippen molar-refractivity contribution in [3.05, 3.63) is 82.4 Å². The molecule has 7 heteroatoms. The number of carbonyl (C=O) groups is 1. The van der Waals surface area contributed by atoms with Gasteiger partial charge in [-0.1, -0.05) is 60.1 Å². The molecule has 2 aliphatic heterocycles. The highest BCUT2D eigenvalue weighted by atomic mass is 35.5. The monoisotopic (exact) mass is 421 g/mol. The Labute approximate surface area is 180 Å². The summed E-state index contributed by atoms with van der Waals surface area (Å²) in [6.07, 6.45) is 0.864. The van der Waals surface area contributed by atoms with Gasteiger partial charge in [-0.2, -0.15) is 0 Å². The van der Waals surface area contributed by atoms with Crippen molar-refractivity contribution in [1.29, 1.82) is 0 Å². The Kier molecular flexibility index (Phi) is 5.27. The number of fused-ring (bicyclic) bond motifs is 2. The molecule has 1 saturated heterocycles. The third-order valence-electron chi connectivity index (χ3n) is 6.19. The normalized spacial score (nSPS) is 20.6. The molecule has 1 N–H and O–H groups in total. The van der Waals surface area contributed by atoms with E-state index in [2.05, 4.69) is 26.5 Å². The third-order valence-corrected chi connectivity index (χ3v) is 6.56. The fourth-order valence-corrected chi connectivity index (χ4v) is 4.84. The number of likely N-dealkylation sites (tertiary alicyclic amines) is 1. The molecule has 2 aromatic carbocycles. The zero-order valence-electron chi connectivity index (χ0n) is 16.7. The first-order valence-electron chi connectivity index (χ1n) is 10.4. The van der Waals surface area contributed by atoms with E-state index in [1.807, 2.05) is 53.1 Å². The van der Waals surface area contributed by atoms with Crippen LogP contribution in [0.25, 0.3) is 0 Å². The first kappa shape index (κ1) is 19.3. The molecule has 1 aromatic heterocycles. The van der Waals surface area contributed by atoms with Crippen LogP contribution in [0.4, 0.5) is 0 Å². The summed E-state index contributed by atoms with van der Waals surface area (Å²) < 4.78 is 2.01. The highest BCUT2D eigenvalue weighted by Gasteiger charge is 2.39. The van der Waals surface area contributed by atoms with Gasteiger partial charge in [0.1, 0.15) is 5.82 Å². The minimum absolute atomic E-state index is 0.165. The van der Waals surface area contributed by atoms with Gasteiger partial charge in [-0.3, -0.25) is 9.69 Å². The highest BCUT2D eigenvalue weighted by Crippen LogP contribution is 2.33. The van der Waals surface area contributed by atoms with Crippen molar-refractivity contribution in [2.45, 2.75) is 26.1 Å². The first-order chi connectivity index (χ1) is 14.7. The second-order valence-corrected chi connectivity index (χ2v) is 8.64. The standard InChI is InChI=1S/C23H24ClN5O/c24-20-9-5-4-8-17(20)12-28-13-18-10-21-26-27-22(29(21)15-19(18)14-28)23(30)25-11-16-6-2-1-3-7-16/h1-9,18-19H,10-15H2,(H,25,30)/t18-,19-/m1/s1. The highest BCUT2D eigenvalue weighted by molar-refractivity contribution is 6.31. The average Bonchev–Trinajstić information content (AvgIpc) is 3.35. The predicted octanol–water partition coefficient (Wildman–Crippen LogP) is 3.17. The van der Waals surface area contributed by atoms with Gasteiger partial charge in [0.25, 0.3) is 5.91 Å². The average molecular weight is 422 g/mol. The number of carbonyl (C=O) groups excluding carboxylic acids is 1. The Hall–Kier alpha value is -2.70. The molecule has 6 nitrogen and oxygen atoms in total. The Morgan fingerprint density at radius 1 is 1.00 bits per heavy atom. The van der Waals surface area contributed by atoms with Crippen molar-refractivity contribution >= 4 is 17.5 Å². The van der Waals surface area contributed by atoms with E-state index in [0.717, 1.165) is 54.6 Å². The van der Waals surface area contributed by atoms with E-state index in [1.54, 1.807) is 0 Å². The molecule has 0 saturated carbocycles. The van der Waals surface area contributed by atoms with Gasteiger partial charge in [0.2, 0.25) is 5.82 Å². The summed E-state index contributed by atoms with van der Waals surface area (Å²) >= 11 is 6.35. The summed E-state index contributed by atoms with van der Waals surface area (Å²) in [5, 5.41) is 12.3. The van der Waals surface area contributed by atoms with Crippen molar-refractivity contribution in [3.8, 4) is 0 Å². The van der Waals surface area contributed by atoms with Crippen molar-refractivity contribution < 1.29 is 4.79 Å². The van der Waals surface area contributed by atoms with Crippen molar-refractivity contribution in [1.82, 2.24) is 25.0 Å². The smallest absolute Gasteiger partial charge is 0.289 e. The van der Waals surface area contributed by atoms with Gasteiger partial charge in [0.05, 0.1) is 0 Å². The molecular formula is C23H24ClN5O. The maximum atomic E-state index is 12.7. The van der Waals surface area contributed by atoms with Crippen LogP contribution in [0.2, 0.25) is 5.02 Å². The number of aromatic nitrogens is 3. The molecule has 3 aromatic rings. The van der Waals surface area contributed by atoms with Crippen molar-refractivity contribution in [2.75, 3.05) is 13.1 Å². The van der Waals surface area contributed by atoms with E-state index in [-0.39, 0.29) is 5.91 Å². The van der Waals surface area contributed by atoms with E-state index in [0.29, 0.717) is 24.2 Å². The van der Waals surface area contributed by atoms with Crippen LogP contribution in [0, 0.1) is 11.8 Å². The van der Waals surface area contributed by atoms with E-state index in [1.165, 1.54) is 0 Å². The maximum Gasteiger partial charge on any atom is 0.289 e. The summed E-state index contributed by atoms with van der Waals surface area (Å²) in [5.41, 5.74) is 2.23. The van der Waals surface area contributed by atoms with E-state index in [9.17, 15) is 4.79 Å². The Morgan fingerprint density at radius 3 is 2.60 bits per heavy atom. The molecule has 2 aliphatic rings. The van der Waals surface area contributed by atoms with Gasteiger partial charge in [-0.05, 0) is 29.0 Å². The number of hydrogen-bond donors (Lipinski definition) is 1. The van der Waals surface area contributed by atoms with Gasteiger partial charge in [0.15, 0.2) is 0 Å². The third kappa shape index (κ3) is 3.85. The fourth-order valence-electron chi connectivity index (χ4n) is 4.64. The van der Waals surface area contributed by atoms with Gasteiger partial charge < -0.3 is 9.88 Å². The van der Waals surface area contributed by atoms with Crippen LogP contribution in [-0.2, 0) is 26.1 Å². The molecule has 0 radical (unpaired) electrons. The molecule has 0 spiro atoms. The Morgan fingerprint density at radius 2 is 1.77 bits per heavy atom. The number of benzene rings is 2. The number of halogens is 1. The van der Waals surface area contributed by atoms with E-state index >= 15 is 0 Å². The molecule has 5 rings (SSSR count). The molecule has 30 heavy (non-hydrogen) atoms. The quantitative estimate of drug-likeness (QED) is 0.687. The molecule has 154 valence electrons. The van der Waals surface area contributed by atoms with Crippen molar-refractivity contribution in [3.63, 3.8) is 0 Å². The lowest BCUT2D eigenvalue weighted by Crippen LogP contribution is -2.32. The van der Waals surface area contributed by atoms with Crippen LogP contribution in [0.3, 0.4) is 0 Å². The largest absolute Gasteiger partial charge is 0.345 e. The van der Waals surface area contributed by atoms with Crippen LogP contribution in [-0.4, -0.2) is 38.7 Å². The van der Waals surface area contributed by atoms with E-state index in [4.69, 9.17) is 11.6 Å². The van der Waals surface area contributed by atoms with Gasteiger partial charge in [-0.15, -0.1) is 10.2 Å². The molecule has 1 amide bonds. The number of nitrogens with one attached hydrogen (secondary N) is 1. The number of nitrogens with zero attached hydrogens (tertiary/aromatic N) is 4. The Balaban J connectivity index is 1.24. The first-order valence-corrected chi connectivity index (χ1v) is 10.7. The zero-order chi connectivity index (χ0) is 20.5. The SMILES string of the molecule is O=C(NCc1ccccc1)c1nnc2n1C[C@H]1CN(Cc3ccccc3Cl)C[C@H]1C2. The van der Waals surface area contributed by atoms with Crippen molar-refractivity contribution in [2.24, 2.45) is 11.8 Å². The molecule has 0 bridgehead atoms. The number of hydrogen-bond acceptors (Lipinski definition) is 4. The number of rotatable bonds is 5. The second-order valence-electron chi connectivity index (χ2n) is 8.23.